The topological polar surface area (TPSA) is 109 Å². The Morgan fingerprint density at radius 3 is 2.88 bits per heavy atom. The molecule has 2 saturated heterocycles. The fourth-order valence-corrected chi connectivity index (χ4v) is 2.82. The Bertz CT molecular complexity index is 622. The number of nitrogens with one attached hydrogen (secondary N) is 1. The van der Waals surface area contributed by atoms with Crippen molar-refractivity contribution in [2.45, 2.75) is 31.3 Å². The van der Waals surface area contributed by atoms with Gasteiger partial charge in [0.15, 0.2) is 6.10 Å². The molecule has 1 aromatic carbocycles. The molecule has 2 fully saturated rings. The minimum Gasteiger partial charge on any atom is -0.462 e. The summed E-state index contributed by atoms with van der Waals surface area (Å²) in [5, 5.41) is 2.59. The zero-order chi connectivity index (χ0) is 17.1. The molecule has 0 bridgehead atoms. The number of hydrogen-bond acceptors (Lipinski definition) is 7. The Balaban J connectivity index is 1.57. The molecule has 2 aliphatic rings. The predicted octanol–water partition coefficient (Wildman–Crippen LogP) is 0.905. The van der Waals surface area contributed by atoms with Crippen LogP contribution in [0.2, 0.25) is 0 Å². The Hall–Kier alpha value is -2.16. The number of fused-ring (bicyclic) bond motifs is 1. The van der Waals surface area contributed by atoms with Gasteiger partial charge in [-0.1, -0.05) is 6.07 Å². The molecular formula is C16H20N2O6. The molecular weight excluding hydrogens is 316 g/mol. The van der Waals surface area contributed by atoms with Gasteiger partial charge in [0.2, 0.25) is 0 Å². The molecule has 0 radical (unpaired) electrons. The highest BCUT2D eigenvalue weighted by Crippen LogP contribution is 2.28. The van der Waals surface area contributed by atoms with E-state index in [-0.39, 0.29) is 31.5 Å². The highest BCUT2D eigenvalue weighted by molar-refractivity contribution is 5.92. The third-order valence-electron chi connectivity index (χ3n) is 3.92. The van der Waals surface area contributed by atoms with Crippen molar-refractivity contribution in [2.24, 2.45) is 5.73 Å². The summed E-state index contributed by atoms with van der Waals surface area (Å²) in [5.74, 6) is -0.449. The standard InChI is InChI=1S/C16H20N2O6/c1-2-21-15(19)9-4-3-5-10(6-9)18-16(20)24-12-8-23-13-11(17)7-22-14(12)13/h3-6,11-14H,2,7-8,17H2,1H3,(H,18,20). The van der Waals surface area contributed by atoms with Crippen molar-refractivity contribution >= 4 is 17.7 Å². The van der Waals surface area contributed by atoms with Gasteiger partial charge < -0.3 is 24.7 Å². The fraction of sp³-hybridized carbons (Fsp3) is 0.500. The number of anilines is 1. The van der Waals surface area contributed by atoms with Gasteiger partial charge in [-0.3, -0.25) is 5.32 Å². The average Bonchev–Trinajstić information content (AvgIpc) is 3.12. The van der Waals surface area contributed by atoms with Crippen LogP contribution in [0.4, 0.5) is 10.5 Å². The second-order valence-electron chi connectivity index (χ2n) is 5.63. The summed E-state index contributed by atoms with van der Waals surface area (Å²) in [6, 6.07) is 6.23. The van der Waals surface area contributed by atoms with E-state index in [1.54, 1.807) is 25.1 Å². The average molecular weight is 336 g/mol. The number of benzene rings is 1. The van der Waals surface area contributed by atoms with Gasteiger partial charge in [0.05, 0.1) is 31.4 Å². The van der Waals surface area contributed by atoms with Gasteiger partial charge in [-0.2, -0.15) is 0 Å². The van der Waals surface area contributed by atoms with Crippen molar-refractivity contribution in [3.63, 3.8) is 0 Å². The molecule has 130 valence electrons. The second-order valence-corrected chi connectivity index (χ2v) is 5.63. The SMILES string of the molecule is CCOC(=O)c1cccc(NC(=O)OC2COC3C(N)COC23)c1. The van der Waals surface area contributed by atoms with Crippen LogP contribution in [-0.2, 0) is 18.9 Å². The molecule has 4 unspecified atom stereocenters. The molecule has 1 aromatic rings. The summed E-state index contributed by atoms with van der Waals surface area (Å²) in [6.07, 6.45) is -1.72. The van der Waals surface area contributed by atoms with Gasteiger partial charge in [-0.25, -0.2) is 9.59 Å². The fourth-order valence-electron chi connectivity index (χ4n) is 2.82. The molecule has 8 nitrogen and oxygen atoms in total. The van der Waals surface area contributed by atoms with E-state index in [1.165, 1.54) is 6.07 Å². The zero-order valence-electron chi connectivity index (χ0n) is 13.3. The first kappa shape index (κ1) is 16.7. The normalized spacial score (nSPS) is 28.2. The monoisotopic (exact) mass is 336 g/mol. The molecule has 0 saturated carbocycles. The van der Waals surface area contributed by atoms with Crippen LogP contribution >= 0.6 is 0 Å². The van der Waals surface area contributed by atoms with Crippen molar-refractivity contribution in [3.05, 3.63) is 29.8 Å². The van der Waals surface area contributed by atoms with E-state index in [9.17, 15) is 9.59 Å². The first-order valence-electron chi connectivity index (χ1n) is 7.82. The predicted molar refractivity (Wildman–Crippen MR) is 83.7 cm³/mol. The van der Waals surface area contributed by atoms with Gasteiger partial charge in [-0.15, -0.1) is 0 Å². The molecule has 8 heteroatoms. The maximum Gasteiger partial charge on any atom is 0.412 e. The molecule has 4 atom stereocenters. The molecule has 0 spiro atoms. The third-order valence-corrected chi connectivity index (χ3v) is 3.92. The lowest BCUT2D eigenvalue weighted by Gasteiger charge is -2.17. The number of amides is 1. The highest BCUT2D eigenvalue weighted by Gasteiger charge is 2.48. The Morgan fingerprint density at radius 2 is 2.08 bits per heavy atom. The van der Waals surface area contributed by atoms with Gasteiger partial charge in [0.1, 0.15) is 12.2 Å². The lowest BCUT2D eigenvalue weighted by molar-refractivity contribution is 0.00899. The summed E-state index contributed by atoms with van der Waals surface area (Å²) < 4.78 is 21.3. The summed E-state index contributed by atoms with van der Waals surface area (Å²) in [4.78, 5) is 23.8. The molecule has 2 heterocycles. The smallest absolute Gasteiger partial charge is 0.412 e. The van der Waals surface area contributed by atoms with Gasteiger partial charge >= 0.3 is 12.1 Å². The van der Waals surface area contributed by atoms with E-state index < -0.39 is 18.2 Å². The highest BCUT2D eigenvalue weighted by atomic mass is 16.6. The van der Waals surface area contributed by atoms with Crippen LogP contribution in [0.1, 0.15) is 17.3 Å². The first-order valence-corrected chi connectivity index (χ1v) is 7.82. The number of ether oxygens (including phenoxy) is 4. The van der Waals surface area contributed by atoms with Crippen LogP contribution in [0.5, 0.6) is 0 Å². The minimum atomic E-state index is -0.644. The van der Waals surface area contributed by atoms with Crippen molar-refractivity contribution in [2.75, 3.05) is 25.1 Å². The van der Waals surface area contributed by atoms with Crippen molar-refractivity contribution in [1.82, 2.24) is 0 Å². The van der Waals surface area contributed by atoms with Crippen LogP contribution in [0.15, 0.2) is 24.3 Å². The molecule has 2 aliphatic heterocycles. The lowest BCUT2D eigenvalue weighted by atomic mass is 10.1. The number of rotatable bonds is 4. The molecule has 3 N–H and O–H groups in total. The summed E-state index contributed by atoms with van der Waals surface area (Å²) in [7, 11) is 0. The molecule has 24 heavy (non-hydrogen) atoms. The van der Waals surface area contributed by atoms with E-state index in [4.69, 9.17) is 24.7 Å². The maximum atomic E-state index is 12.1. The van der Waals surface area contributed by atoms with Crippen LogP contribution in [-0.4, -0.2) is 56.2 Å². The molecule has 0 aromatic heterocycles. The summed E-state index contributed by atoms with van der Waals surface area (Å²) in [6.45, 7) is 2.65. The summed E-state index contributed by atoms with van der Waals surface area (Å²) >= 11 is 0. The Morgan fingerprint density at radius 1 is 1.29 bits per heavy atom. The number of esters is 1. The zero-order valence-corrected chi connectivity index (χ0v) is 13.3. The van der Waals surface area contributed by atoms with Crippen molar-refractivity contribution in [1.29, 1.82) is 0 Å². The van der Waals surface area contributed by atoms with Crippen molar-refractivity contribution in [3.8, 4) is 0 Å². The first-order chi connectivity index (χ1) is 11.6. The third kappa shape index (κ3) is 3.50. The minimum absolute atomic E-state index is 0.201. The number of carbonyl (C=O) groups is 2. The second kappa shape index (κ2) is 7.16. The molecule has 0 aliphatic carbocycles. The Labute approximate surface area is 139 Å². The molecule has 1 amide bonds. The van der Waals surface area contributed by atoms with Crippen molar-refractivity contribution < 1.29 is 28.5 Å². The quantitative estimate of drug-likeness (QED) is 0.786. The van der Waals surface area contributed by atoms with Crippen LogP contribution in [0.25, 0.3) is 0 Å². The van der Waals surface area contributed by atoms with E-state index >= 15 is 0 Å². The van der Waals surface area contributed by atoms with Gasteiger partial charge in [-0.05, 0) is 25.1 Å². The maximum absolute atomic E-state index is 12.1. The van der Waals surface area contributed by atoms with E-state index in [2.05, 4.69) is 5.32 Å². The van der Waals surface area contributed by atoms with Gasteiger partial charge in [0, 0.05) is 5.69 Å². The number of nitrogens with two attached hydrogens (primary N) is 1. The van der Waals surface area contributed by atoms with E-state index in [0.717, 1.165) is 0 Å². The number of hydrogen-bond donors (Lipinski definition) is 2. The molecule has 3 rings (SSSR count). The summed E-state index contributed by atoms with van der Waals surface area (Å²) in [5.41, 5.74) is 6.64. The number of carbonyl (C=O) groups excluding carboxylic acids is 2. The Kier molecular flexibility index (Phi) is 4.98. The van der Waals surface area contributed by atoms with E-state index in [1.807, 2.05) is 0 Å². The van der Waals surface area contributed by atoms with E-state index in [0.29, 0.717) is 17.9 Å². The van der Waals surface area contributed by atoms with Crippen LogP contribution in [0.3, 0.4) is 0 Å². The largest absolute Gasteiger partial charge is 0.462 e. The van der Waals surface area contributed by atoms with Gasteiger partial charge in [0.25, 0.3) is 0 Å². The lowest BCUT2D eigenvalue weighted by Crippen LogP contribution is -2.38. The van der Waals surface area contributed by atoms with Crippen LogP contribution < -0.4 is 11.1 Å². The van der Waals surface area contributed by atoms with Crippen LogP contribution in [0, 0.1) is 0 Å².